The maximum Gasteiger partial charge on any atom is 0.422 e. The van der Waals surface area contributed by atoms with Crippen LogP contribution in [0.5, 0.6) is 17.4 Å². The number of nitrogens with zero attached hydrogens (tertiary/aromatic N) is 2. The van der Waals surface area contributed by atoms with Crippen LogP contribution in [0.2, 0.25) is 0 Å². The summed E-state index contributed by atoms with van der Waals surface area (Å²) in [6.45, 7) is -0.524. The number of ether oxygens (including phenoxy) is 3. The molecule has 0 atom stereocenters. The lowest BCUT2D eigenvalue weighted by Gasteiger charge is -2.14. The normalized spacial score (nSPS) is 11.7. The van der Waals surface area contributed by atoms with E-state index in [4.69, 9.17) is 9.47 Å². The molecule has 7 nitrogen and oxygen atoms in total. The van der Waals surface area contributed by atoms with E-state index in [-0.39, 0.29) is 5.88 Å². The standard InChI is InChI=1S/C19H23F3N4O3/c1-23-18(26-11-14-5-6-15(27-2)8-16(14)28-3)25-10-13-4-7-17(24-9-13)29-12-19(20,21)22/h4-9H,10-12H2,1-3H3,(H2,23,25,26). The molecule has 0 spiro atoms. The fourth-order valence-corrected chi connectivity index (χ4v) is 2.34. The molecule has 10 heteroatoms. The number of alkyl halides is 3. The first-order valence-corrected chi connectivity index (χ1v) is 8.64. The van der Waals surface area contributed by atoms with Crippen LogP contribution in [0.1, 0.15) is 11.1 Å². The van der Waals surface area contributed by atoms with Crippen LogP contribution in [0, 0.1) is 0 Å². The quantitative estimate of drug-likeness (QED) is 0.513. The first-order chi connectivity index (χ1) is 13.8. The number of nitrogens with one attached hydrogen (secondary N) is 2. The van der Waals surface area contributed by atoms with Gasteiger partial charge in [-0.2, -0.15) is 13.2 Å². The average Bonchev–Trinajstić information content (AvgIpc) is 2.72. The zero-order chi connectivity index (χ0) is 21.3. The van der Waals surface area contributed by atoms with Gasteiger partial charge in [0.05, 0.1) is 14.2 Å². The molecule has 0 aliphatic rings. The molecule has 0 unspecified atom stereocenters. The summed E-state index contributed by atoms with van der Waals surface area (Å²) in [5, 5.41) is 6.27. The Labute approximate surface area is 166 Å². The van der Waals surface area contributed by atoms with Gasteiger partial charge in [-0.15, -0.1) is 0 Å². The van der Waals surface area contributed by atoms with Crippen molar-refractivity contribution in [3.8, 4) is 17.4 Å². The van der Waals surface area contributed by atoms with Crippen LogP contribution in [0.4, 0.5) is 13.2 Å². The highest BCUT2D eigenvalue weighted by molar-refractivity contribution is 5.79. The Morgan fingerprint density at radius 3 is 2.41 bits per heavy atom. The van der Waals surface area contributed by atoms with Crippen molar-refractivity contribution in [3.05, 3.63) is 47.7 Å². The summed E-state index contributed by atoms with van der Waals surface area (Å²) >= 11 is 0. The summed E-state index contributed by atoms with van der Waals surface area (Å²) in [6, 6.07) is 8.54. The van der Waals surface area contributed by atoms with Gasteiger partial charge >= 0.3 is 6.18 Å². The predicted molar refractivity (Wildman–Crippen MR) is 102 cm³/mol. The highest BCUT2D eigenvalue weighted by Gasteiger charge is 2.28. The van der Waals surface area contributed by atoms with Crippen molar-refractivity contribution in [1.29, 1.82) is 0 Å². The Morgan fingerprint density at radius 1 is 1.07 bits per heavy atom. The van der Waals surface area contributed by atoms with Gasteiger partial charge in [0.15, 0.2) is 12.6 Å². The van der Waals surface area contributed by atoms with E-state index < -0.39 is 12.8 Å². The topological polar surface area (TPSA) is 77.0 Å². The van der Waals surface area contributed by atoms with Crippen molar-refractivity contribution in [3.63, 3.8) is 0 Å². The Hall–Kier alpha value is -3.17. The highest BCUT2D eigenvalue weighted by atomic mass is 19.4. The van der Waals surface area contributed by atoms with E-state index in [9.17, 15) is 13.2 Å². The van der Waals surface area contributed by atoms with Gasteiger partial charge in [-0.05, 0) is 17.7 Å². The molecule has 0 radical (unpaired) electrons. The highest BCUT2D eigenvalue weighted by Crippen LogP contribution is 2.24. The minimum absolute atomic E-state index is 0.0832. The lowest BCUT2D eigenvalue weighted by molar-refractivity contribution is -0.154. The maximum atomic E-state index is 12.2. The molecular formula is C19H23F3N4O3. The zero-order valence-corrected chi connectivity index (χ0v) is 16.3. The third-order valence-electron chi connectivity index (χ3n) is 3.81. The largest absolute Gasteiger partial charge is 0.497 e. The summed E-state index contributed by atoms with van der Waals surface area (Å²) in [5.74, 6) is 1.84. The van der Waals surface area contributed by atoms with E-state index >= 15 is 0 Å². The molecule has 0 aliphatic heterocycles. The van der Waals surface area contributed by atoms with E-state index in [1.807, 2.05) is 12.1 Å². The fourth-order valence-electron chi connectivity index (χ4n) is 2.34. The van der Waals surface area contributed by atoms with Gasteiger partial charge < -0.3 is 24.8 Å². The molecular weight excluding hydrogens is 389 g/mol. The van der Waals surface area contributed by atoms with Crippen LogP contribution >= 0.6 is 0 Å². The number of rotatable bonds is 8. The summed E-state index contributed by atoms with van der Waals surface area (Å²) in [6.07, 6.45) is -2.95. The Kier molecular flexibility index (Phi) is 7.93. The van der Waals surface area contributed by atoms with Crippen molar-refractivity contribution >= 4 is 5.96 Å². The third kappa shape index (κ3) is 7.40. The molecule has 0 saturated carbocycles. The molecule has 158 valence electrons. The molecule has 2 rings (SSSR count). The van der Waals surface area contributed by atoms with Crippen LogP contribution in [0.3, 0.4) is 0 Å². The molecule has 0 aliphatic carbocycles. The second-order valence-corrected chi connectivity index (χ2v) is 5.87. The third-order valence-corrected chi connectivity index (χ3v) is 3.81. The second-order valence-electron chi connectivity index (χ2n) is 5.87. The van der Waals surface area contributed by atoms with Crippen molar-refractivity contribution in [2.45, 2.75) is 19.3 Å². The molecule has 1 aromatic heterocycles. The van der Waals surface area contributed by atoms with Crippen LogP contribution < -0.4 is 24.8 Å². The van der Waals surface area contributed by atoms with E-state index in [0.29, 0.717) is 30.5 Å². The summed E-state index contributed by atoms with van der Waals surface area (Å²) < 4.78 is 51.6. The fraction of sp³-hybridized carbons (Fsp3) is 0.368. The van der Waals surface area contributed by atoms with E-state index in [2.05, 4.69) is 25.3 Å². The zero-order valence-electron chi connectivity index (χ0n) is 16.3. The van der Waals surface area contributed by atoms with Crippen LogP contribution in [-0.2, 0) is 13.1 Å². The Bertz CT molecular complexity index is 811. The smallest absolute Gasteiger partial charge is 0.422 e. The van der Waals surface area contributed by atoms with Crippen molar-refractivity contribution < 1.29 is 27.4 Å². The monoisotopic (exact) mass is 412 g/mol. The molecule has 29 heavy (non-hydrogen) atoms. The molecule has 0 saturated heterocycles. The first kappa shape index (κ1) is 22.1. The number of hydrogen-bond donors (Lipinski definition) is 2. The number of benzene rings is 1. The van der Waals surface area contributed by atoms with E-state index in [0.717, 1.165) is 11.1 Å². The molecule has 0 bridgehead atoms. The van der Waals surface area contributed by atoms with Gasteiger partial charge in [0, 0.05) is 44.0 Å². The predicted octanol–water partition coefficient (Wildman–Crippen LogP) is 2.91. The molecule has 0 amide bonds. The number of guanidine groups is 1. The minimum Gasteiger partial charge on any atom is -0.497 e. The molecule has 2 N–H and O–H groups in total. The average molecular weight is 412 g/mol. The van der Waals surface area contributed by atoms with Crippen molar-refractivity contribution in [2.24, 2.45) is 4.99 Å². The maximum absolute atomic E-state index is 12.2. The Balaban J connectivity index is 1.86. The van der Waals surface area contributed by atoms with Crippen LogP contribution in [0.15, 0.2) is 41.5 Å². The van der Waals surface area contributed by atoms with Gasteiger partial charge in [-0.1, -0.05) is 6.07 Å². The van der Waals surface area contributed by atoms with Gasteiger partial charge in [0.25, 0.3) is 0 Å². The number of hydrogen-bond acceptors (Lipinski definition) is 5. The van der Waals surface area contributed by atoms with Gasteiger partial charge in [0.2, 0.25) is 5.88 Å². The lowest BCUT2D eigenvalue weighted by atomic mass is 10.2. The molecule has 0 fully saturated rings. The lowest BCUT2D eigenvalue weighted by Crippen LogP contribution is -2.36. The number of methoxy groups -OCH3 is 2. The van der Waals surface area contributed by atoms with Gasteiger partial charge in [-0.3, -0.25) is 4.99 Å². The minimum atomic E-state index is -4.40. The summed E-state index contributed by atoms with van der Waals surface area (Å²) in [7, 11) is 4.80. The second kappa shape index (κ2) is 10.4. The van der Waals surface area contributed by atoms with E-state index in [1.54, 1.807) is 33.4 Å². The summed E-state index contributed by atoms with van der Waals surface area (Å²) in [5.41, 5.74) is 1.68. The number of halogens is 3. The van der Waals surface area contributed by atoms with Gasteiger partial charge in [0.1, 0.15) is 11.5 Å². The van der Waals surface area contributed by atoms with Crippen LogP contribution in [0.25, 0.3) is 0 Å². The molecule has 2 aromatic rings. The first-order valence-electron chi connectivity index (χ1n) is 8.64. The van der Waals surface area contributed by atoms with Gasteiger partial charge in [-0.25, -0.2) is 4.98 Å². The Morgan fingerprint density at radius 2 is 1.83 bits per heavy atom. The summed E-state index contributed by atoms with van der Waals surface area (Å²) in [4.78, 5) is 8.01. The SMILES string of the molecule is CN=C(NCc1ccc(OCC(F)(F)F)nc1)NCc1ccc(OC)cc1OC. The van der Waals surface area contributed by atoms with Crippen molar-refractivity contribution in [2.75, 3.05) is 27.9 Å². The number of aliphatic imine (C=N–C) groups is 1. The number of pyridine rings is 1. The van der Waals surface area contributed by atoms with Crippen LogP contribution in [-0.4, -0.2) is 45.0 Å². The molecule has 1 aromatic carbocycles. The number of aromatic nitrogens is 1. The van der Waals surface area contributed by atoms with E-state index in [1.165, 1.54) is 12.3 Å². The molecule has 1 heterocycles. The van der Waals surface area contributed by atoms with Crippen molar-refractivity contribution in [1.82, 2.24) is 15.6 Å².